The molecule has 0 heterocycles. The zero-order valence-corrected chi connectivity index (χ0v) is 7.62. The molecule has 0 rings (SSSR count). The highest BCUT2D eigenvalue weighted by Crippen LogP contribution is 1.90. The lowest BCUT2D eigenvalue weighted by molar-refractivity contribution is -0.115. The van der Waals surface area contributed by atoms with Crippen molar-refractivity contribution in [2.24, 2.45) is 5.92 Å². The molecule has 0 aliphatic carbocycles. The molecule has 0 saturated heterocycles. The van der Waals surface area contributed by atoms with Crippen LogP contribution in [0.15, 0.2) is 0 Å². The number of rotatable bonds is 8. The Bertz CT molecular complexity index is 105. The van der Waals surface area contributed by atoms with Crippen molar-refractivity contribution in [1.29, 1.82) is 0 Å². The first-order chi connectivity index (χ1) is 5.81. The monoisotopic (exact) mass is 176 g/mol. The van der Waals surface area contributed by atoms with Crippen LogP contribution in [-0.4, -0.2) is 40.0 Å². The second-order valence-corrected chi connectivity index (χ2v) is 2.50. The lowest BCUT2D eigenvalue weighted by Crippen LogP contribution is -2.11. The van der Waals surface area contributed by atoms with Gasteiger partial charge >= 0.3 is 0 Å². The molecule has 0 bridgehead atoms. The molecule has 0 aliphatic rings. The highest BCUT2D eigenvalue weighted by molar-refractivity contribution is 5.52. The van der Waals surface area contributed by atoms with Gasteiger partial charge in [-0.15, -0.1) is 0 Å². The van der Waals surface area contributed by atoms with Crippen molar-refractivity contribution in [2.75, 3.05) is 33.7 Å². The van der Waals surface area contributed by atoms with E-state index in [0.29, 0.717) is 19.8 Å². The fourth-order valence-electron chi connectivity index (χ4n) is 0.533. The Morgan fingerprint density at radius 1 is 1.33 bits per heavy atom. The molecular formula is C8H16O4. The first kappa shape index (κ1) is 11.6. The molecule has 0 saturated carbocycles. The topological polar surface area (TPSA) is 44.8 Å². The van der Waals surface area contributed by atoms with E-state index >= 15 is 0 Å². The van der Waals surface area contributed by atoms with Gasteiger partial charge in [0.05, 0.1) is 19.8 Å². The van der Waals surface area contributed by atoms with Gasteiger partial charge in [-0.05, 0) is 0 Å². The van der Waals surface area contributed by atoms with Crippen molar-refractivity contribution in [3.05, 3.63) is 0 Å². The molecule has 1 atom stereocenters. The van der Waals surface area contributed by atoms with Crippen LogP contribution in [0.25, 0.3) is 0 Å². The van der Waals surface area contributed by atoms with Gasteiger partial charge in [0, 0.05) is 13.0 Å². The maximum absolute atomic E-state index is 10.1. The zero-order valence-electron chi connectivity index (χ0n) is 7.62. The minimum absolute atomic E-state index is 0.0592. The Morgan fingerprint density at radius 2 is 2.08 bits per heavy atom. The highest BCUT2D eigenvalue weighted by Gasteiger charge is 1.97. The van der Waals surface area contributed by atoms with Gasteiger partial charge in [0.1, 0.15) is 13.1 Å². The summed E-state index contributed by atoms with van der Waals surface area (Å²) in [4.78, 5) is 10.1. The summed E-state index contributed by atoms with van der Waals surface area (Å²) in [5.74, 6) is -0.0592. The molecule has 72 valence electrons. The summed E-state index contributed by atoms with van der Waals surface area (Å²) in [6.07, 6.45) is 0.856. The minimum Gasteiger partial charge on any atom is -0.382 e. The zero-order chi connectivity index (χ0) is 9.23. The quantitative estimate of drug-likeness (QED) is 0.306. The summed E-state index contributed by atoms with van der Waals surface area (Å²) in [5, 5.41) is 0. The van der Waals surface area contributed by atoms with Gasteiger partial charge < -0.3 is 19.0 Å². The number of methoxy groups -OCH3 is 1. The van der Waals surface area contributed by atoms with E-state index in [1.165, 1.54) is 0 Å². The van der Waals surface area contributed by atoms with Gasteiger partial charge in [0.15, 0.2) is 0 Å². The molecular weight excluding hydrogens is 160 g/mol. The molecule has 0 aromatic carbocycles. The van der Waals surface area contributed by atoms with Crippen LogP contribution in [0.3, 0.4) is 0 Å². The van der Waals surface area contributed by atoms with E-state index in [2.05, 4.69) is 0 Å². The molecule has 4 heteroatoms. The standard InChI is InChI=1S/C8H16O4/c1-8(5-9)6-12-7-11-4-3-10-2/h5,8H,3-4,6-7H2,1-2H3. The number of carbonyl (C=O) groups is 1. The third-order valence-electron chi connectivity index (χ3n) is 1.21. The first-order valence-electron chi connectivity index (χ1n) is 3.91. The van der Waals surface area contributed by atoms with Crippen molar-refractivity contribution in [1.82, 2.24) is 0 Å². The van der Waals surface area contributed by atoms with E-state index in [9.17, 15) is 4.79 Å². The van der Waals surface area contributed by atoms with Crippen LogP contribution in [0.1, 0.15) is 6.92 Å². The minimum atomic E-state index is -0.0592. The Hall–Kier alpha value is -0.450. The van der Waals surface area contributed by atoms with E-state index in [0.717, 1.165) is 6.29 Å². The third kappa shape index (κ3) is 7.65. The van der Waals surface area contributed by atoms with Gasteiger partial charge in [0.25, 0.3) is 0 Å². The van der Waals surface area contributed by atoms with E-state index in [1.807, 2.05) is 0 Å². The fourth-order valence-corrected chi connectivity index (χ4v) is 0.533. The summed E-state index contributed by atoms with van der Waals surface area (Å²) < 4.78 is 14.8. The summed E-state index contributed by atoms with van der Waals surface area (Å²) in [6, 6.07) is 0. The van der Waals surface area contributed by atoms with Gasteiger partial charge in [-0.3, -0.25) is 0 Å². The van der Waals surface area contributed by atoms with Crippen LogP contribution in [0.4, 0.5) is 0 Å². The van der Waals surface area contributed by atoms with E-state index < -0.39 is 0 Å². The van der Waals surface area contributed by atoms with Gasteiger partial charge in [0.2, 0.25) is 0 Å². The predicted octanol–water partition coefficient (Wildman–Crippen LogP) is 0.459. The normalized spacial score (nSPS) is 12.8. The van der Waals surface area contributed by atoms with E-state index in [1.54, 1.807) is 14.0 Å². The highest BCUT2D eigenvalue weighted by atomic mass is 16.7. The van der Waals surface area contributed by atoms with Crippen molar-refractivity contribution in [3.63, 3.8) is 0 Å². The van der Waals surface area contributed by atoms with Crippen LogP contribution >= 0.6 is 0 Å². The first-order valence-corrected chi connectivity index (χ1v) is 3.91. The van der Waals surface area contributed by atoms with Crippen molar-refractivity contribution in [2.45, 2.75) is 6.92 Å². The number of aldehydes is 1. The van der Waals surface area contributed by atoms with E-state index in [-0.39, 0.29) is 12.7 Å². The number of hydrogen-bond donors (Lipinski definition) is 0. The van der Waals surface area contributed by atoms with Crippen molar-refractivity contribution >= 4 is 6.29 Å². The molecule has 12 heavy (non-hydrogen) atoms. The molecule has 0 amide bonds. The second-order valence-electron chi connectivity index (χ2n) is 2.50. The van der Waals surface area contributed by atoms with Gasteiger partial charge in [-0.2, -0.15) is 0 Å². The average Bonchev–Trinajstić information content (AvgIpc) is 2.10. The average molecular weight is 176 g/mol. The van der Waals surface area contributed by atoms with Crippen LogP contribution < -0.4 is 0 Å². The lowest BCUT2D eigenvalue weighted by Gasteiger charge is -2.06. The fraction of sp³-hybridized carbons (Fsp3) is 0.875. The smallest absolute Gasteiger partial charge is 0.146 e. The predicted molar refractivity (Wildman–Crippen MR) is 43.9 cm³/mol. The van der Waals surface area contributed by atoms with Crippen LogP contribution in [-0.2, 0) is 19.0 Å². The lowest BCUT2D eigenvalue weighted by atomic mass is 10.2. The van der Waals surface area contributed by atoms with Crippen LogP contribution in [0, 0.1) is 5.92 Å². The molecule has 0 radical (unpaired) electrons. The maximum atomic E-state index is 10.1. The molecule has 0 spiro atoms. The van der Waals surface area contributed by atoms with Crippen molar-refractivity contribution < 1.29 is 19.0 Å². The maximum Gasteiger partial charge on any atom is 0.146 e. The summed E-state index contributed by atoms with van der Waals surface area (Å²) in [7, 11) is 1.61. The molecule has 4 nitrogen and oxygen atoms in total. The second kappa shape index (κ2) is 8.64. The largest absolute Gasteiger partial charge is 0.382 e. The molecule has 0 N–H and O–H groups in total. The summed E-state index contributed by atoms with van der Waals surface area (Å²) in [6.45, 7) is 3.51. The summed E-state index contributed by atoms with van der Waals surface area (Å²) in [5.41, 5.74) is 0. The van der Waals surface area contributed by atoms with Gasteiger partial charge in [-0.1, -0.05) is 6.92 Å². The Kier molecular flexibility index (Phi) is 8.32. The molecule has 0 aromatic rings. The molecule has 1 unspecified atom stereocenters. The number of ether oxygens (including phenoxy) is 3. The SMILES string of the molecule is COCCOCOCC(C)C=O. The van der Waals surface area contributed by atoms with Gasteiger partial charge in [-0.25, -0.2) is 0 Å². The summed E-state index contributed by atoms with van der Waals surface area (Å²) >= 11 is 0. The number of carbonyl (C=O) groups excluding carboxylic acids is 1. The Balaban J connectivity index is 2.95. The van der Waals surface area contributed by atoms with Crippen LogP contribution in [0.5, 0.6) is 0 Å². The van der Waals surface area contributed by atoms with Crippen LogP contribution in [0.2, 0.25) is 0 Å². The number of hydrogen-bond acceptors (Lipinski definition) is 4. The van der Waals surface area contributed by atoms with Crippen molar-refractivity contribution in [3.8, 4) is 0 Å². The molecule has 0 fully saturated rings. The van der Waals surface area contributed by atoms with E-state index in [4.69, 9.17) is 14.2 Å². The Labute approximate surface area is 72.8 Å². The third-order valence-corrected chi connectivity index (χ3v) is 1.21. The molecule has 0 aliphatic heterocycles. The Morgan fingerprint density at radius 3 is 2.67 bits per heavy atom. The molecule has 0 aromatic heterocycles.